The zero-order valence-electron chi connectivity index (χ0n) is 10.9. The van der Waals surface area contributed by atoms with Crippen LogP contribution in [0.25, 0.3) is 0 Å². The van der Waals surface area contributed by atoms with Gasteiger partial charge in [-0.1, -0.05) is 20.8 Å². The summed E-state index contributed by atoms with van der Waals surface area (Å²) >= 11 is 4.41. The Morgan fingerprint density at radius 1 is 1.25 bits per heavy atom. The van der Waals surface area contributed by atoms with Gasteiger partial charge in [-0.15, -0.1) is 0 Å². The smallest absolute Gasteiger partial charge is 0.235 e. The SMILES string of the molecule is CC1CCC(N(C)C(=O)C(S)C(C)C)CC1. The Balaban J connectivity index is 2.50. The number of hydrogen-bond donors (Lipinski definition) is 1. The zero-order valence-corrected chi connectivity index (χ0v) is 11.8. The molecule has 1 aliphatic carbocycles. The lowest BCUT2D eigenvalue weighted by Crippen LogP contribution is -2.44. The van der Waals surface area contributed by atoms with Gasteiger partial charge >= 0.3 is 0 Å². The Morgan fingerprint density at radius 2 is 1.75 bits per heavy atom. The van der Waals surface area contributed by atoms with Crippen molar-refractivity contribution in [3.05, 3.63) is 0 Å². The minimum absolute atomic E-state index is 0.149. The Kier molecular flexibility index (Phi) is 5.16. The van der Waals surface area contributed by atoms with Crippen LogP contribution in [0.15, 0.2) is 0 Å². The second kappa shape index (κ2) is 5.95. The predicted octanol–water partition coefficient (Wildman–Crippen LogP) is 2.98. The molecule has 0 saturated heterocycles. The van der Waals surface area contributed by atoms with E-state index in [-0.39, 0.29) is 11.2 Å². The van der Waals surface area contributed by atoms with E-state index in [1.807, 2.05) is 25.8 Å². The molecule has 0 aromatic carbocycles. The molecule has 0 heterocycles. The fourth-order valence-electron chi connectivity index (χ4n) is 2.30. The molecule has 0 aromatic heterocycles. The molecule has 1 rings (SSSR count). The monoisotopic (exact) mass is 243 g/mol. The van der Waals surface area contributed by atoms with Crippen molar-refractivity contribution in [1.82, 2.24) is 4.90 Å². The normalized spacial score (nSPS) is 27.9. The second-order valence-corrected chi connectivity index (χ2v) is 6.11. The maximum absolute atomic E-state index is 12.1. The summed E-state index contributed by atoms with van der Waals surface area (Å²) in [7, 11) is 1.94. The van der Waals surface area contributed by atoms with E-state index in [2.05, 4.69) is 19.6 Å². The summed E-state index contributed by atoms with van der Waals surface area (Å²) in [4.78, 5) is 14.0. The molecular formula is C13H25NOS. The lowest BCUT2D eigenvalue weighted by atomic mass is 9.86. The summed E-state index contributed by atoms with van der Waals surface area (Å²) in [6, 6.07) is 0.442. The standard InChI is InChI=1S/C13H25NOS/c1-9(2)12(16)13(15)14(4)11-7-5-10(3)6-8-11/h9-12,16H,5-8H2,1-4H3. The Bertz CT molecular complexity index is 234. The summed E-state index contributed by atoms with van der Waals surface area (Å²) in [5.41, 5.74) is 0. The van der Waals surface area contributed by atoms with Crippen LogP contribution in [0.3, 0.4) is 0 Å². The number of thiol groups is 1. The Hall–Kier alpha value is -0.180. The van der Waals surface area contributed by atoms with Crippen LogP contribution in [0.2, 0.25) is 0 Å². The minimum Gasteiger partial charge on any atom is -0.342 e. The van der Waals surface area contributed by atoms with Crippen molar-refractivity contribution in [2.45, 2.75) is 57.7 Å². The minimum atomic E-state index is -0.149. The Morgan fingerprint density at radius 3 is 2.19 bits per heavy atom. The molecule has 16 heavy (non-hydrogen) atoms. The van der Waals surface area contributed by atoms with Gasteiger partial charge in [-0.2, -0.15) is 12.6 Å². The van der Waals surface area contributed by atoms with Gasteiger partial charge in [0.05, 0.1) is 5.25 Å². The molecule has 0 N–H and O–H groups in total. The lowest BCUT2D eigenvalue weighted by molar-refractivity contribution is -0.132. The fourth-order valence-corrected chi connectivity index (χ4v) is 2.49. The number of carbonyl (C=O) groups is 1. The third-order valence-electron chi connectivity index (χ3n) is 3.77. The van der Waals surface area contributed by atoms with Crippen LogP contribution >= 0.6 is 12.6 Å². The third-order valence-corrected chi connectivity index (χ3v) is 4.58. The van der Waals surface area contributed by atoms with Gasteiger partial charge in [0, 0.05) is 13.1 Å². The highest BCUT2D eigenvalue weighted by Crippen LogP contribution is 2.27. The number of nitrogens with zero attached hydrogens (tertiary/aromatic N) is 1. The maximum atomic E-state index is 12.1. The highest BCUT2D eigenvalue weighted by atomic mass is 32.1. The van der Waals surface area contributed by atoms with Crippen LogP contribution in [0.1, 0.15) is 46.5 Å². The van der Waals surface area contributed by atoms with E-state index in [1.54, 1.807) is 0 Å². The predicted molar refractivity (Wildman–Crippen MR) is 71.8 cm³/mol. The molecule has 1 amide bonds. The van der Waals surface area contributed by atoms with E-state index in [4.69, 9.17) is 0 Å². The van der Waals surface area contributed by atoms with E-state index < -0.39 is 0 Å². The molecule has 1 unspecified atom stereocenters. The number of amides is 1. The molecule has 1 aliphatic rings. The summed E-state index contributed by atoms with van der Waals surface area (Å²) in [5.74, 6) is 1.33. The van der Waals surface area contributed by atoms with Gasteiger partial charge in [0.2, 0.25) is 5.91 Å². The third kappa shape index (κ3) is 3.41. The molecule has 0 aliphatic heterocycles. The first-order valence-corrected chi connectivity index (χ1v) is 6.89. The van der Waals surface area contributed by atoms with E-state index in [9.17, 15) is 4.79 Å². The van der Waals surface area contributed by atoms with Crippen molar-refractivity contribution >= 4 is 18.5 Å². The summed E-state index contributed by atoms with van der Waals surface area (Å²) < 4.78 is 0. The van der Waals surface area contributed by atoms with Crippen LogP contribution < -0.4 is 0 Å². The van der Waals surface area contributed by atoms with Crippen molar-refractivity contribution in [1.29, 1.82) is 0 Å². The average molecular weight is 243 g/mol. The van der Waals surface area contributed by atoms with Gasteiger partial charge in [-0.05, 0) is 37.5 Å². The molecule has 94 valence electrons. The van der Waals surface area contributed by atoms with E-state index in [0.717, 1.165) is 18.8 Å². The van der Waals surface area contributed by atoms with Gasteiger partial charge in [0.1, 0.15) is 0 Å². The largest absolute Gasteiger partial charge is 0.342 e. The first-order valence-electron chi connectivity index (χ1n) is 6.38. The summed E-state index contributed by atoms with van der Waals surface area (Å²) in [5, 5.41) is -0.149. The van der Waals surface area contributed by atoms with Crippen molar-refractivity contribution in [2.75, 3.05) is 7.05 Å². The quantitative estimate of drug-likeness (QED) is 0.756. The van der Waals surface area contributed by atoms with Gasteiger partial charge < -0.3 is 4.90 Å². The molecule has 0 radical (unpaired) electrons. The molecule has 3 heteroatoms. The number of rotatable bonds is 3. The van der Waals surface area contributed by atoms with Crippen LogP contribution in [-0.2, 0) is 4.79 Å². The van der Waals surface area contributed by atoms with E-state index in [0.29, 0.717) is 12.0 Å². The summed E-state index contributed by atoms with van der Waals surface area (Å²) in [6.07, 6.45) is 4.81. The van der Waals surface area contributed by atoms with Crippen LogP contribution in [-0.4, -0.2) is 29.1 Å². The molecule has 0 bridgehead atoms. The number of carbonyl (C=O) groups excluding carboxylic acids is 1. The average Bonchev–Trinajstić information content (AvgIpc) is 2.27. The van der Waals surface area contributed by atoms with E-state index in [1.165, 1.54) is 12.8 Å². The first kappa shape index (κ1) is 13.9. The topological polar surface area (TPSA) is 20.3 Å². The molecular weight excluding hydrogens is 218 g/mol. The van der Waals surface area contributed by atoms with E-state index >= 15 is 0 Å². The Labute approximate surface area is 105 Å². The summed E-state index contributed by atoms with van der Waals surface area (Å²) in [6.45, 7) is 6.40. The van der Waals surface area contributed by atoms with Crippen molar-refractivity contribution in [2.24, 2.45) is 11.8 Å². The molecule has 1 saturated carbocycles. The molecule has 0 aromatic rings. The van der Waals surface area contributed by atoms with Crippen LogP contribution in [0, 0.1) is 11.8 Å². The van der Waals surface area contributed by atoms with Crippen molar-refractivity contribution < 1.29 is 4.79 Å². The highest BCUT2D eigenvalue weighted by molar-refractivity contribution is 7.81. The van der Waals surface area contributed by atoms with Gasteiger partial charge in [-0.3, -0.25) is 4.79 Å². The van der Waals surface area contributed by atoms with Crippen LogP contribution in [0.4, 0.5) is 0 Å². The molecule has 1 atom stereocenters. The lowest BCUT2D eigenvalue weighted by Gasteiger charge is -2.35. The maximum Gasteiger partial charge on any atom is 0.235 e. The number of hydrogen-bond acceptors (Lipinski definition) is 2. The van der Waals surface area contributed by atoms with Crippen molar-refractivity contribution in [3.63, 3.8) is 0 Å². The fraction of sp³-hybridized carbons (Fsp3) is 0.923. The van der Waals surface area contributed by atoms with Gasteiger partial charge in [-0.25, -0.2) is 0 Å². The van der Waals surface area contributed by atoms with Crippen molar-refractivity contribution in [3.8, 4) is 0 Å². The van der Waals surface area contributed by atoms with Gasteiger partial charge in [0.25, 0.3) is 0 Å². The molecule has 1 fully saturated rings. The molecule has 2 nitrogen and oxygen atoms in total. The highest BCUT2D eigenvalue weighted by Gasteiger charge is 2.28. The molecule has 0 spiro atoms. The van der Waals surface area contributed by atoms with Crippen LogP contribution in [0.5, 0.6) is 0 Å². The first-order chi connectivity index (χ1) is 7.43. The van der Waals surface area contributed by atoms with Gasteiger partial charge in [0.15, 0.2) is 0 Å². The second-order valence-electron chi connectivity index (χ2n) is 5.55. The zero-order chi connectivity index (χ0) is 12.3.